The molecule has 0 N–H and O–H groups in total. The predicted molar refractivity (Wildman–Crippen MR) is 63.0 cm³/mol. The van der Waals surface area contributed by atoms with Crippen molar-refractivity contribution in [2.24, 2.45) is 0 Å². The standard InChI is InChI=1S/C13H14N2O/c1-16-10-7-11-5-4-9-15-13(11)12-6-2-3-8-14-12/h2-6,8-9H,7,10H2,1H3. The molecule has 0 saturated heterocycles. The third kappa shape index (κ3) is 2.44. The highest BCUT2D eigenvalue weighted by Crippen LogP contribution is 2.18. The highest BCUT2D eigenvalue weighted by atomic mass is 16.5. The van der Waals surface area contributed by atoms with Crippen molar-refractivity contribution in [2.75, 3.05) is 13.7 Å². The molecule has 0 radical (unpaired) electrons. The summed E-state index contributed by atoms with van der Waals surface area (Å²) >= 11 is 0. The van der Waals surface area contributed by atoms with Crippen LogP contribution < -0.4 is 0 Å². The van der Waals surface area contributed by atoms with E-state index in [9.17, 15) is 0 Å². The minimum Gasteiger partial charge on any atom is -0.384 e. The van der Waals surface area contributed by atoms with Gasteiger partial charge in [-0.25, -0.2) is 0 Å². The third-order valence-electron chi connectivity index (χ3n) is 2.37. The number of rotatable bonds is 4. The Morgan fingerprint density at radius 1 is 1.06 bits per heavy atom. The molecule has 82 valence electrons. The topological polar surface area (TPSA) is 35.0 Å². The summed E-state index contributed by atoms with van der Waals surface area (Å²) in [6.07, 6.45) is 4.43. The van der Waals surface area contributed by atoms with E-state index in [0.29, 0.717) is 6.61 Å². The fourth-order valence-electron chi connectivity index (χ4n) is 1.59. The summed E-state index contributed by atoms with van der Waals surface area (Å²) in [6, 6.07) is 9.85. The maximum atomic E-state index is 5.09. The average Bonchev–Trinajstić information content (AvgIpc) is 2.38. The Morgan fingerprint density at radius 2 is 1.94 bits per heavy atom. The van der Waals surface area contributed by atoms with E-state index in [1.807, 2.05) is 24.3 Å². The van der Waals surface area contributed by atoms with Crippen LogP contribution in [0.1, 0.15) is 5.56 Å². The van der Waals surface area contributed by atoms with E-state index in [-0.39, 0.29) is 0 Å². The largest absolute Gasteiger partial charge is 0.384 e. The van der Waals surface area contributed by atoms with Crippen molar-refractivity contribution in [1.29, 1.82) is 0 Å². The zero-order chi connectivity index (χ0) is 11.2. The summed E-state index contributed by atoms with van der Waals surface area (Å²) in [5, 5.41) is 0. The first-order valence-corrected chi connectivity index (χ1v) is 5.26. The third-order valence-corrected chi connectivity index (χ3v) is 2.37. The molecule has 2 aromatic rings. The van der Waals surface area contributed by atoms with Gasteiger partial charge in [0.15, 0.2) is 0 Å². The van der Waals surface area contributed by atoms with E-state index in [2.05, 4.69) is 16.0 Å². The number of methoxy groups -OCH3 is 1. The van der Waals surface area contributed by atoms with Crippen molar-refractivity contribution >= 4 is 0 Å². The Kier molecular flexibility index (Phi) is 3.62. The van der Waals surface area contributed by atoms with Crippen molar-refractivity contribution in [3.05, 3.63) is 48.3 Å². The van der Waals surface area contributed by atoms with Gasteiger partial charge in [0, 0.05) is 19.5 Å². The van der Waals surface area contributed by atoms with Gasteiger partial charge in [-0.2, -0.15) is 0 Å². The van der Waals surface area contributed by atoms with E-state index < -0.39 is 0 Å². The van der Waals surface area contributed by atoms with Gasteiger partial charge in [-0.1, -0.05) is 12.1 Å². The number of pyridine rings is 2. The molecule has 0 aromatic carbocycles. The first-order valence-electron chi connectivity index (χ1n) is 5.26. The summed E-state index contributed by atoms with van der Waals surface area (Å²) in [6.45, 7) is 0.700. The Bertz CT molecular complexity index is 443. The van der Waals surface area contributed by atoms with Crippen LogP contribution >= 0.6 is 0 Å². The lowest BCUT2D eigenvalue weighted by atomic mass is 10.1. The number of hydrogen-bond donors (Lipinski definition) is 0. The van der Waals surface area contributed by atoms with Crippen molar-refractivity contribution in [3.8, 4) is 11.4 Å². The molecule has 0 spiro atoms. The van der Waals surface area contributed by atoms with Crippen molar-refractivity contribution in [1.82, 2.24) is 9.97 Å². The van der Waals surface area contributed by atoms with Crippen LogP contribution in [-0.2, 0) is 11.2 Å². The molecule has 3 heteroatoms. The minimum absolute atomic E-state index is 0.700. The summed E-state index contributed by atoms with van der Waals surface area (Å²) < 4.78 is 5.09. The quantitative estimate of drug-likeness (QED) is 0.783. The van der Waals surface area contributed by atoms with Gasteiger partial charge in [-0.3, -0.25) is 9.97 Å². The fraction of sp³-hybridized carbons (Fsp3) is 0.231. The molecule has 3 nitrogen and oxygen atoms in total. The normalized spacial score (nSPS) is 10.3. The van der Waals surface area contributed by atoms with E-state index in [4.69, 9.17) is 4.74 Å². The summed E-state index contributed by atoms with van der Waals surface area (Å²) in [4.78, 5) is 8.70. The van der Waals surface area contributed by atoms with Gasteiger partial charge in [0.05, 0.1) is 18.0 Å². The number of ether oxygens (including phenoxy) is 1. The van der Waals surface area contributed by atoms with E-state index in [1.165, 1.54) is 5.56 Å². The van der Waals surface area contributed by atoms with Gasteiger partial charge in [-0.15, -0.1) is 0 Å². The first-order chi connectivity index (χ1) is 7.92. The van der Waals surface area contributed by atoms with Gasteiger partial charge in [-0.05, 0) is 30.2 Å². The van der Waals surface area contributed by atoms with E-state index in [0.717, 1.165) is 17.8 Å². The molecule has 0 fully saturated rings. The van der Waals surface area contributed by atoms with Gasteiger partial charge < -0.3 is 4.74 Å². The van der Waals surface area contributed by atoms with Crippen molar-refractivity contribution in [2.45, 2.75) is 6.42 Å². The van der Waals surface area contributed by atoms with Crippen LogP contribution in [0.3, 0.4) is 0 Å². The fourth-order valence-corrected chi connectivity index (χ4v) is 1.59. The molecule has 0 aliphatic carbocycles. The summed E-state index contributed by atoms with van der Waals surface area (Å²) in [5.74, 6) is 0. The molecule has 0 amide bonds. The molecule has 0 unspecified atom stereocenters. The highest BCUT2D eigenvalue weighted by molar-refractivity contribution is 5.58. The van der Waals surface area contributed by atoms with Crippen molar-refractivity contribution < 1.29 is 4.74 Å². The molecule has 0 bridgehead atoms. The number of nitrogens with zero attached hydrogens (tertiary/aromatic N) is 2. The molecule has 2 heterocycles. The Morgan fingerprint density at radius 3 is 2.69 bits per heavy atom. The lowest BCUT2D eigenvalue weighted by molar-refractivity contribution is 0.202. The van der Waals surface area contributed by atoms with Crippen LogP contribution in [0.5, 0.6) is 0 Å². The SMILES string of the molecule is COCCc1cccnc1-c1ccccn1. The minimum atomic E-state index is 0.700. The smallest absolute Gasteiger partial charge is 0.0918 e. The zero-order valence-electron chi connectivity index (χ0n) is 9.26. The predicted octanol–water partition coefficient (Wildman–Crippen LogP) is 2.33. The summed E-state index contributed by atoms with van der Waals surface area (Å²) in [5.41, 5.74) is 3.03. The van der Waals surface area contributed by atoms with Crippen molar-refractivity contribution in [3.63, 3.8) is 0 Å². The lowest BCUT2D eigenvalue weighted by Crippen LogP contribution is -1.99. The second-order valence-corrected chi connectivity index (χ2v) is 3.47. The summed E-state index contributed by atoms with van der Waals surface area (Å²) in [7, 11) is 1.71. The molecule has 16 heavy (non-hydrogen) atoms. The monoisotopic (exact) mass is 214 g/mol. The van der Waals surface area contributed by atoms with E-state index in [1.54, 1.807) is 19.5 Å². The highest BCUT2D eigenvalue weighted by Gasteiger charge is 2.06. The van der Waals surface area contributed by atoms with Gasteiger partial charge in [0.25, 0.3) is 0 Å². The van der Waals surface area contributed by atoms with E-state index >= 15 is 0 Å². The molecule has 2 rings (SSSR count). The van der Waals surface area contributed by atoms with Gasteiger partial charge in [0.2, 0.25) is 0 Å². The van der Waals surface area contributed by atoms with Crippen LogP contribution in [0.25, 0.3) is 11.4 Å². The second kappa shape index (κ2) is 5.37. The Balaban J connectivity index is 2.33. The molecule has 2 aromatic heterocycles. The van der Waals surface area contributed by atoms with Crippen LogP contribution in [-0.4, -0.2) is 23.7 Å². The number of hydrogen-bond acceptors (Lipinski definition) is 3. The maximum Gasteiger partial charge on any atom is 0.0918 e. The molecule has 0 saturated carbocycles. The number of aromatic nitrogens is 2. The van der Waals surface area contributed by atoms with Crippen LogP contribution in [0.4, 0.5) is 0 Å². The lowest BCUT2D eigenvalue weighted by Gasteiger charge is -2.06. The molecule has 0 atom stereocenters. The second-order valence-electron chi connectivity index (χ2n) is 3.47. The molecular weight excluding hydrogens is 200 g/mol. The van der Waals surface area contributed by atoms with Crippen LogP contribution in [0.2, 0.25) is 0 Å². The molecule has 0 aliphatic rings. The van der Waals surface area contributed by atoms with Crippen LogP contribution in [0, 0.1) is 0 Å². The zero-order valence-corrected chi connectivity index (χ0v) is 9.26. The first kappa shape index (κ1) is 10.8. The van der Waals surface area contributed by atoms with Crippen LogP contribution in [0.15, 0.2) is 42.7 Å². The van der Waals surface area contributed by atoms with Gasteiger partial charge in [0.1, 0.15) is 0 Å². The molecule has 0 aliphatic heterocycles. The Labute approximate surface area is 95.1 Å². The maximum absolute atomic E-state index is 5.09. The Hall–Kier alpha value is -1.74. The average molecular weight is 214 g/mol. The van der Waals surface area contributed by atoms with Gasteiger partial charge >= 0.3 is 0 Å². The molecular formula is C13H14N2O.